The number of carbonyl (C=O) groups is 3. The maximum Gasteiger partial charge on any atom is 0.306 e. The minimum absolute atomic E-state index is 0.0916. The van der Waals surface area contributed by atoms with Crippen LogP contribution in [0.1, 0.15) is 310 Å². The van der Waals surface area contributed by atoms with E-state index >= 15 is 0 Å². The van der Waals surface area contributed by atoms with Crippen molar-refractivity contribution < 1.29 is 28.6 Å². The van der Waals surface area contributed by atoms with Crippen LogP contribution in [0.15, 0.2) is 122 Å². The molecule has 6 nitrogen and oxygen atoms in total. The molecular formula is C74H124O6. The molecule has 0 aliphatic carbocycles. The molecule has 0 amide bonds. The Morgan fingerprint density at radius 2 is 0.487 bits per heavy atom. The van der Waals surface area contributed by atoms with Crippen molar-refractivity contribution in [2.24, 2.45) is 0 Å². The van der Waals surface area contributed by atoms with Crippen LogP contribution in [0.4, 0.5) is 0 Å². The number of carbonyl (C=O) groups excluding carboxylic acids is 3. The fourth-order valence-corrected chi connectivity index (χ4v) is 9.15. The summed E-state index contributed by atoms with van der Waals surface area (Å²) in [6.07, 6.45) is 93.4. The Kier molecular flexibility index (Phi) is 63.8. The van der Waals surface area contributed by atoms with Crippen molar-refractivity contribution in [3.63, 3.8) is 0 Å². The maximum atomic E-state index is 12.9. The predicted molar refractivity (Wildman–Crippen MR) is 348 cm³/mol. The summed E-state index contributed by atoms with van der Waals surface area (Å²) in [6, 6.07) is 0. The number of ether oxygens (including phenoxy) is 3. The number of hydrogen-bond donors (Lipinski definition) is 0. The zero-order chi connectivity index (χ0) is 57.8. The Morgan fingerprint density at radius 1 is 0.263 bits per heavy atom. The molecule has 0 saturated carbocycles. The third-order valence-electron chi connectivity index (χ3n) is 14.2. The van der Waals surface area contributed by atoms with Gasteiger partial charge >= 0.3 is 17.9 Å². The van der Waals surface area contributed by atoms with Gasteiger partial charge in [0.05, 0.1) is 0 Å². The quantitative estimate of drug-likeness (QED) is 0.0261. The summed E-state index contributed by atoms with van der Waals surface area (Å²) in [7, 11) is 0. The van der Waals surface area contributed by atoms with Gasteiger partial charge in [-0.1, -0.05) is 277 Å². The van der Waals surface area contributed by atoms with E-state index in [0.29, 0.717) is 19.3 Å². The summed E-state index contributed by atoms with van der Waals surface area (Å²) in [5.41, 5.74) is 0. The van der Waals surface area contributed by atoms with Crippen LogP contribution >= 0.6 is 0 Å². The molecule has 6 heteroatoms. The van der Waals surface area contributed by atoms with Crippen LogP contribution in [-0.4, -0.2) is 37.2 Å². The van der Waals surface area contributed by atoms with E-state index in [2.05, 4.69) is 142 Å². The summed E-state index contributed by atoms with van der Waals surface area (Å²) in [4.78, 5) is 38.4. The van der Waals surface area contributed by atoms with Gasteiger partial charge < -0.3 is 14.2 Å². The van der Waals surface area contributed by atoms with Crippen LogP contribution in [0.5, 0.6) is 0 Å². The van der Waals surface area contributed by atoms with Crippen molar-refractivity contribution in [3.05, 3.63) is 122 Å². The zero-order valence-corrected chi connectivity index (χ0v) is 52.3. The third-order valence-corrected chi connectivity index (χ3v) is 14.2. The van der Waals surface area contributed by atoms with Gasteiger partial charge in [0.1, 0.15) is 13.2 Å². The van der Waals surface area contributed by atoms with Crippen LogP contribution in [0.2, 0.25) is 0 Å². The maximum absolute atomic E-state index is 12.9. The van der Waals surface area contributed by atoms with Crippen LogP contribution in [0, 0.1) is 0 Å². The highest BCUT2D eigenvalue weighted by molar-refractivity contribution is 5.71. The molecule has 0 aliphatic rings. The summed E-state index contributed by atoms with van der Waals surface area (Å²) in [6.45, 7) is 6.49. The van der Waals surface area contributed by atoms with Crippen molar-refractivity contribution in [1.29, 1.82) is 0 Å². The molecule has 0 spiro atoms. The van der Waals surface area contributed by atoms with Crippen LogP contribution in [0.3, 0.4) is 0 Å². The minimum atomic E-state index is -0.795. The van der Waals surface area contributed by atoms with Crippen molar-refractivity contribution in [2.75, 3.05) is 13.2 Å². The normalized spacial score (nSPS) is 12.9. The molecule has 0 fully saturated rings. The van der Waals surface area contributed by atoms with Crippen LogP contribution in [0.25, 0.3) is 0 Å². The van der Waals surface area contributed by atoms with Crippen LogP contribution in [-0.2, 0) is 28.6 Å². The largest absolute Gasteiger partial charge is 0.462 e. The van der Waals surface area contributed by atoms with Gasteiger partial charge in [0.15, 0.2) is 6.10 Å². The Labute approximate surface area is 494 Å². The van der Waals surface area contributed by atoms with E-state index in [9.17, 15) is 14.4 Å². The average molecular weight is 1110 g/mol. The molecule has 0 heterocycles. The van der Waals surface area contributed by atoms with Gasteiger partial charge in [0.25, 0.3) is 0 Å². The SMILES string of the molecule is CC/C=C\C/C=C\C/C=C\C/C=C\C/C=C\C/C=C\C/C=C\CCCCCCCCCC(=O)OCC(COC(=O)CCCCCCC/C=C\C/C=C\CCCCC)OC(=O)CCCCCCCCC/C=C\CCCCCCCCC. The molecule has 0 rings (SSSR count). The molecule has 0 aromatic carbocycles. The lowest BCUT2D eigenvalue weighted by molar-refractivity contribution is -0.167. The lowest BCUT2D eigenvalue weighted by atomic mass is 10.1. The molecule has 1 unspecified atom stereocenters. The van der Waals surface area contributed by atoms with E-state index < -0.39 is 6.10 Å². The zero-order valence-electron chi connectivity index (χ0n) is 52.3. The monoisotopic (exact) mass is 1110 g/mol. The molecule has 0 saturated heterocycles. The summed E-state index contributed by atoms with van der Waals surface area (Å²) >= 11 is 0. The molecule has 456 valence electrons. The lowest BCUT2D eigenvalue weighted by Crippen LogP contribution is -2.30. The summed E-state index contributed by atoms with van der Waals surface area (Å²) in [5, 5.41) is 0. The molecule has 0 aromatic heterocycles. The smallest absolute Gasteiger partial charge is 0.306 e. The van der Waals surface area contributed by atoms with E-state index in [4.69, 9.17) is 14.2 Å². The molecule has 1 atom stereocenters. The van der Waals surface area contributed by atoms with Crippen molar-refractivity contribution in [2.45, 2.75) is 316 Å². The molecule has 80 heavy (non-hydrogen) atoms. The van der Waals surface area contributed by atoms with Gasteiger partial charge in [-0.15, -0.1) is 0 Å². The fraction of sp³-hybridized carbons (Fsp3) is 0.689. The second kappa shape index (κ2) is 67.3. The highest BCUT2D eigenvalue weighted by Crippen LogP contribution is 2.15. The van der Waals surface area contributed by atoms with Gasteiger partial charge in [-0.3, -0.25) is 14.4 Å². The van der Waals surface area contributed by atoms with Gasteiger partial charge in [-0.2, -0.15) is 0 Å². The van der Waals surface area contributed by atoms with Gasteiger partial charge in [-0.25, -0.2) is 0 Å². The van der Waals surface area contributed by atoms with Gasteiger partial charge in [-0.05, 0) is 135 Å². The predicted octanol–water partition coefficient (Wildman–Crippen LogP) is 23.2. The van der Waals surface area contributed by atoms with Gasteiger partial charge in [0.2, 0.25) is 0 Å². The standard InChI is InChI=1S/C74H124O6/c1-4-7-10-13-16-19-22-25-28-30-32-33-34-35-36-37-38-39-40-41-42-44-46-49-52-55-58-61-64-67-73(76)79-70-71(69-78-72(75)66-63-60-57-54-51-48-45-27-24-21-18-15-12-9-6-3)80-74(77)68-65-62-59-56-53-50-47-43-31-29-26-23-20-17-14-11-8-5-2/h7,10,16,18-19,21,25,27-29,31-33,35-36,38-39,41-42,45,71H,4-6,8-9,11-15,17,20,22-24,26,30,34,37,40,43-44,46-70H2,1-3H3/b10-7-,19-16-,21-18-,28-25-,31-29-,33-32-,36-35-,39-38-,42-41-,45-27-. The van der Waals surface area contributed by atoms with Crippen LogP contribution < -0.4 is 0 Å². The number of rotatable bonds is 60. The molecule has 0 aliphatic heterocycles. The first-order valence-corrected chi connectivity index (χ1v) is 33.5. The number of esters is 3. The van der Waals surface area contributed by atoms with Crippen molar-refractivity contribution in [3.8, 4) is 0 Å². The van der Waals surface area contributed by atoms with E-state index in [1.807, 2.05) is 0 Å². The second-order valence-electron chi connectivity index (χ2n) is 22.0. The Morgan fingerprint density at radius 3 is 0.800 bits per heavy atom. The molecule has 0 N–H and O–H groups in total. The molecule has 0 bridgehead atoms. The first kappa shape index (κ1) is 75.8. The highest BCUT2D eigenvalue weighted by Gasteiger charge is 2.19. The van der Waals surface area contributed by atoms with E-state index in [0.717, 1.165) is 135 Å². The summed E-state index contributed by atoms with van der Waals surface area (Å²) < 4.78 is 16.9. The van der Waals surface area contributed by atoms with E-state index in [1.54, 1.807) is 0 Å². The molecule has 0 aromatic rings. The van der Waals surface area contributed by atoms with E-state index in [-0.39, 0.29) is 31.1 Å². The fourth-order valence-electron chi connectivity index (χ4n) is 9.15. The summed E-state index contributed by atoms with van der Waals surface area (Å²) in [5.74, 6) is -0.912. The van der Waals surface area contributed by atoms with Gasteiger partial charge in [0, 0.05) is 19.3 Å². The second-order valence-corrected chi connectivity index (χ2v) is 22.0. The number of hydrogen-bond acceptors (Lipinski definition) is 6. The lowest BCUT2D eigenvalue weighted by Gasteiger charge is -2.18. The first-order chi connectivity index (χ1) is 39.5. The van der Waals surface area contributed by atoms with E-state index in [1.165, 1.54) is 135 Å². The number of allylic oxidation sites excluding steroid dienone is 20. The minimum Gasteiger partial charge on any atom is -0.462 e. The van der Waals surface area contributed by atoms with Crippen molar-refractivity contribution >= 4 is 17.9 Å². The topological polar surface area (TPSA) is 78.9 Å². The first-order valence-electron chi connectivity index (χ1n) is 33.5. The molecule has 0 radical (unpaired) electrons. The molecular weight excluding hydrogens is 985 g/mol. The third kappa shape index (κ3) is 64.6. The average Bonchev–Trinajstić information content (AvgIpc) is 3.46. The van der Waals surface area contributed by atoms with Crippen molar-refractivity contribution in [1.82, 2.24) is 0 Å². The Balaban J connectivity index is 4.38. The Hall–Kier alpha value is -4.19. The Bertz CT molecular complexity index is 1650. The highest BCUT2D eigenvalue weighted by atomic mass is 16.6. The number of unbranched alkanes of at least 4 members (excludes halogenated alkanes) is 29.